The predicted octanol–water partition coefficient (Wildman–Crippen LogP) is 2.46. The Kier molecular flexibility index (Phi) is 7.68. The van der Waals surface area contributed by atoms with Crippen LogP contribution in [-0.2, 0) is 10.0 Å². The highest BCUT2D eigenvalue weighted by Gasteiger charge is 2.27. The van der Waals surface area contributed by atoms with Gasteiger partial charge in [-0.05, 0) is 63.8 Å². The quantitative estimate of drug-likeness (QED) is 0.791. The largest absolute Gasteiger partial charge is 0.349 e. The zero-order chi connectivity index (χ0) is 18.7. The van der Waals surface area contributed by atoms with Gasteiger partial charge in [0.25, 0.3) is 5.91 Å². The Morgan fingerprint density at radius 3 is 2.59 bits per heavy atom. The van der Waals surface area contributed by atoms with Crippen LogP contribution in [0.25, 0.3) is 0 Å². The predicted molar refractivity (Wildman–Crippen MR) is 109 cm³/mol. The first-order valence-corrected chi connectivity index (χ1v) is 11.0. The molecule has 6 nitrogen and oxygen atoms in total. The Morgan fingerprint density at radius 1 is 1.22 bits per heavy atom. The fraction of sp³-hybridized carbons (Fsp3) is 0.632. The zero-order valence-electron chi connectivity index (χ0n) is 16.0. The summed E-state index contributed by atoms with van der Waals surface area (Å²) in [4.78, 5) is 13.0. The molecular formula is C19H30ClN3O3S. The van der Waals surface area contributed by atoms with E-state index in [2.05, 4.69) is 17.6 Å². The molecule has 27 heavy (non-hydrogen) atoms. The summed E-state index contributed by atoms with van der Waals surface area (Å²) in [6.07, 6.45) is 4.64. The summed E-state index contributed by atoms with van der Waals surface area (Å²) in [5.74, 6) is -0.183. The molecule has 2 fully saturated rings. The van der Waals surface area contributed by atoms with Gasteiger partial charge in [-0.15, -0.1) is 12.4 Å². The van der Waals surface area contributed by atoms with E-state index in [1.54, 1.807) is 18.2 Å². The normalized spacial score (nSPS) is 24.1. The van der Waals surface area contributed by atoms with Crippen molar-refractivity contribution >= 4 is 28.3 Å². The van der Waals surface area contributed by atoms with Gasteiger partial charge >= 0.3 is 0 Å². The third-order valence-corrected chi connectivity index (χ3v) is 7.26. The van der Waals surface area contributed by atoms with Crippen molar-refractivity contribution in [2.75, 3.05) is 19.6 Å². The summed E-state index contributed by atoms with van der Waals surface area (Å²) in [5, 5.41) is 6.44. The molecule has 3 rings (SSSR count). The number of sulfonamides is 1. The Labute approximate surface area is 168 Å². The van der Waals surface area contributed by atoms with Crippen LogP contribution in [0.3, 0.4) is 0 Å². The smallest absolute Gasteiger partial charge is 0.251 e. The lowest BCUT2D eigenvalue weighted by Crippen LogP contribution is -2.46. The lowest BCUT2D eigenvalue weighted by atomic mass is 9.99. The van der Waals surface area contributed by atoms with E-state index in [0.29, 0.717) is 24.7 Å². The molecule has 1 aromatic carbocycles. The summed E-state index contributed by atoms with van der Waals surface area (Å²) in [6, 6.07) is 5.39. The van der Waals surface area contributed by atoms with Crippen LogP contribution in [0, 0.1) is 6.92 Å². The molecule has 1 aromatic rings. The second kappa shape index (κ2) is 9.37. The molecule has 0 aromatic heterocycles. The molecule has 0 radical (unpaired) electrons. The third kappa shape index (κ3) is 5.22. The Bertz CT molecular complexity index is 763. The fourth-order valence-corrected chi connectivity index (χ4v) is 5.33. The second-order valence-electron chi connectivity index (χ2n) is 7.49. The Morgan fingerprint density at radius 2 is 1.93 bits per heavy atom. The van der Waals surface area contributed by atoms with Crippen LogP contribution < -0.4 is 10.6 Å². The molecule has 2 saturated heterocycles. The minimum Gasteiger partial charge on any atom is -0.349 e. The highest BCUT2D eigenvalue weighted by Crippen LogP contribution is 2.23. The second-order valence-corrected chi connectivity index (χ2v) is 9.43. The molecule has 0 spiro atoms. The molecule has 2 unspecified atom stereocenters. The number of hydrogen-bond acceptors (Lipinski definition) is 4. The zero-order valence-corrected chi connectivity index (χ0v) is 17.7. The van der Waals surface area contributed by atoms with Gasteiger partial charge in [-0.25, -0.2) is 8.42 Å². The number of carbonyl (C=O) groups excluding carboxylic acids is 1. The van der Waals surface area contributed by atoms with Crippen molar-refractivity contribution < 1.29 is 13.2 Å². The van der Waals surface area contributed by atoms with Crippen LogP contribution in [0.5, 0.6) is 0 Å². The first-order valence-electron chi connectivity index (χ1n) is 9.53. The molecule has 2 heterocycles. The Hall–Kier alpha value is -1.15. The molecule has 1 amide bonds. The van der Waals surface area contributed by atoms with Crippen LogP contribution in [0.1, 0.15) is 54.9 Å². The number of aryl methyl sites for hydroxylation is 1. The third-order valence-electron chi connectivity index (χ3n) is 5.37. The number of nitrogens with one attached hydrogen (secondary N) is 2. The Balaban J connectivity index is 0.00000261. The maximum Gasteiger partial charge on any atom is 0.251 e. The maximum absolute atomic E-state index is 12.9. The van der Waals surface area contributed by atoms with E-state index in [4.69, 9.17) is 0 Å². The number of nitrogens with zero attached hydrogens (tertiary/aromatic N) is 1. The molecule has 0 aliphatic carbocycles. The van der Waals surface area contributed by atoms with E-state index < -0.39 is 10.0 Å². The van der Waals surface area contributed by atoms with Gasteiger partial charge in [0.05, 0.1) is 4.90 Å². The average Bonchev–Trinajstić information content (AvgIpc) is 2.62. The number of carbonyl (C=O) groups is 1. The van der Waals surface area contributed by atoms with Crippen molar-refractivity contribution in [1.29, 1.82) is 0 Å². The minimum absolute atomic E-state index is 0. The standard InChI is InChI=1S/C19H29N3O3S.ClH/c1-14-6-7-17(26(24,25)22-10-4-3-5-11-22)13-18(14)19(23)21-16-8-9-20-15(2)12-16;/h6-7,13,15-16,20H,3-5,8-12H2,1-2H3,(H,21,23);1H. The highest BCUT2D eigenvalue weighted by molar-refractivity contribution is 7.89. The van der Waals surface area contributed by atoms with Gasteiger partial charge in [0.2, 0.25) is 10.0 Å². The number of hydrogen-bond donors (Lipinski definition) is 2. The summed E-state index contributed by atoms with van der Waals surface area (Å²) in [7, 11) is -3.53. The topological polar surface area (TPSA) is 78.5 Å². The van der Waals surface area contributed by atoms with E-state index in [0.717, 1.165) is 44.2 Å². The van der Waals surface area contributed by atoms with Crippen molar-refractivity contribution in [2.45, 2.75) is 62.9 Å². The summed E-state index contributed by atoms with van der Waals surface area (Å²) < 4.78 is 27.3. The highest BCUT2D eigenvalue weighted by atomic mass is 35.5. The molecule has 8 heteroatoms. The van der Waals surface area contributed by atoms with Crippen molar-refractivity contribution in [3.05, 3.63) is 29.3 Å². The van der Waals surface area contributed by atoms with E-state index in [1.165, 1.54) is 4.31 Å². The van der Waals surface area contributed by atoms with Crippen LogP contribution in [-0.4, -0.2) is 50.3 Å². The number of halogens is 1. The van der Waals surface area contributed by atoms with Gasteiger partial charge in [-0.2, -0.15) is 4.31 Å². The van der Waals surface area contributed by atoms with E-state index >= 15 is 0 Å². The van der Waals surface area contributed by atoms with Gasteiger partial charge < -0.3 is 10.6 Å². The monoisotopic (exact) mass is 415 g/mol. The van der Waals surface area contributed by atoms with Crippen molar-refractivity contribution in [3.63, 3.8) is 0 Å². The lowest BCUT2D eigenvalue weighted by molar-refractivity contribution is 0.0925. The summed E-state index contributed by atoms with van der Waals surface area (Å²) in [5.41, 5.74) is 1.25. The molecule has 2 aliphatic rings. The molecule has 2 aliphatic heterocycles. The molecule has 152 valence electrons. The lowest BCUT2D eigenvalue weighted by Gasteiger charge is -2.29. The van der Waals surface area contributed by atoms with Crippen molar-refractivity contribution in [1.82, 2.24) is 14.9 Å². The fourth-order valence-electron chi connectivity index (χ4n) is 3.79. The average molecular weight is 416 g/mol. The minimum atomic E-state index is -3.53. The summed E-state index contributed by atoms with van der Waals surface area (Å²) in [6.45, 7) is 5.95. The van der Waals surface area contributed by atoms with Gasteiger partial charge in [-0.3, -0.25) is 4.79 Å². The SMILES string of the molecule is Cc1ccc(S(=O)(=O)N2CCCCC2)cc1C(=O)NC1CCNC(C)C1.Cl. The molecule has 2 atom stereocenters. The van der Waals surface area contributed by atoms with Gasteiger partial charge in [0.1, 0.15) is 0 Å². The first-order chi connectivity index (χ1) is 12.4. The molecule has 2 N–H and O–H groups in total. The maximum atomic E-state index is 12.9. The van der Waals surface area contributed by atoms with Gasteiger partial charge in [0, 0.05) is 30.7 Å². The number of rotatable bonds is 4. The number of benzene rings is 1. The van der Waals surface area contributed by atoms with Gasteiger partial charge in [0.15, 0.2) is 0 Å². The van der Waals surface area contributed by atoms with Crippen LogP contribution in [0.15, 0.2) is 23.1 Å². The van der Waals surface area contributed by atoms with Crippen molar-refractivity contribution in [3.8, 4) is 0 Å². The molecule has 0 saturated carbocycles. The van der Waals surface area contributed by atoms with Crippen LogP contribution >= 0.6 is 12.4 Å². The van der Waals surface area contributed by atoms with E-state index in [-0.39, 0.29) is 29.3 Å². The van der Waals surface area contributed by atoms with Crippen molar-refractivity contribution in [2.24, 2.45) is 0 Å². The van der Waals surface area contributed by atoms with Crippen LogP contribution in [0.2, 0.25) is 0 Å². The first kappa shape index (κ1) is 22.1. The van der Waals surface area contributed by atoms with E-state index in [9.17, 15) is 13.2 Å². The van der Waals surface area contributed by atoms with E-state index in [1.807, 2.05) is 6.92 Å². The van der Waals surface area contributed by atoms with Crippen LogP contribution in [0.4, 0.5) is 0 Å². The molecular weight excluding hydrogens is 386 g/mol. The number of amides is 1. The van der Waals surface area contributed by atoms with Gasteiger partial charge in [-0.1, -0.05) is 12.5 Å². The summed E-state index contributed by atoms with van der Waals surface area (Å²) >= 11 is 0. The number of piperidine rings is 2. The molecule has 0 bridgehead atoms.